The van der Waals surface area contributed by atoms with Crippen molar-refractivity contribution in [3.05, 3.63) is 83.9 Å². The van der Waals surface area contributed by atoms with Gasteiger partial charge in [-0.1, -0.05) is 48.5 Å². The van der Waals surface area contributed by atoms with Gasteiger partial charge in [-0.05, 0) is 53.1 Å². The minimum atomic E-state index is -0.152. The van der Waals surface area contributed by atoms with Crippen molar-refractivity contribution in [1.82, 2.24) is 5.32 Å². The molecule has 0 spiro atoms. The maximum Gasteiger partial charge on any atom is 0.244 e. The summed E-state index contributed by atoms with van der Waals surface area (Å²) in [6, 6.07) is 23.4. The van der Waals surface area contributed by atoms with E-state index < -0.39 is 0 Å². The molecule has 0 aromatic heterocycles. The first-order chi connectivity index (χ1) is 13.2. The molecule has 1 N–H and O–H groups in total. The van der Waals surface area contributed by atoms with Crippen LogP contribution in [0.15, 0.2) is 72.8 Å². The first-order valence-electron chi connectivity index (χ1n) is 8.73. The van der Waals surface area contributed by atoms with Crippen molar-refractivity contribution >= 4 is 22.8 Å². The molecule has 0 heterocycles. The minimum absolute atomic E-state index is 0.0181. The van der Waals surface area contributed by atoms with Crippen LogP contribution >= 0.6 is 0 Å². The smallest absolute Gasteiger partial charge is 0.244 e. The quantitative estimate of drug-likeness (QED) is 0.655. The van der Waals surface area contributed by atoms with E-state index in [1.165, 1.54) is 11.5 Å². The fourth-order valence-electron chi connectivity index (χ4n) is 2.78. The van der Waals surface area contributed by atoms with E-state index in [4.69, 9.17) is 10.00 Å². The van der Waals surface area contributed by atoms with Crippen LogP contribution in [-0.2, 0) is 4.79 Å². The van der Waals surface area contributed by atoms with Gasteiger partial charge >= 0.3 is 0 Å². The van der Waals surface area contributed by atoms with Crippen molar-refractivity contribution < 1.29 is 9.53 Å². The molecule has 4 nitrogen and oxygen atoms in total. The molecular formula is C23H20N2O2. The highest BCUT2D eigenvalue weighted by atomic mass is 16.5. The third-order valence-electron chi connectivity index (χ3n) is 4.24. The molecule has 0 fully saturated rings. The molecule has 1 unspecified atom stereocenters. The third-order valence-corrected chi connectivity index (χ3v) is 4.24. The van der Waals surface area contributed by atoms with Gasteiger partial charge in [0, 0.05) is 6.08 Å². The number of carbonyl (C=O) groups is 1. The van der Waals surface area contributed by atoms with Crippen LogP contribution in [0.5, 0.6) is 5.75 Å². The fourth-order valence-corrected chi connectivity index (χ4v) is 2.78. The summed E-state index contributed by atoms with van der Waals surface area (Å²) in [5.41, 5.74) is 1.95. The van der Waals surface area contributed by atoms with Crippen molar-refractivity contribution in [1.29, 1.82) is 5.26 Å². The van der Waals surface area contributed by atoms with E-state index in [1.807, 2.05) is 43.3 Å². The zero-order valence-corrected chi connectivity index (χ0v) is 15.1. The predicted octanol–water partition coefficient (Wildman–Crippen LogP) is 4.63. The molecule has 0 aliphatic rings. The SMILES string of the molecule is CC(NC(=O)/C=C/c1ccc(OCC#N)cc1)c1ccc2ccccc2c1. The van der Waals surface area contributed by atoms with E-state index in [0.29, 0.717) is 5.75 Å². The van der Waals surface area contributed by atoms with E-state index in [9.17, 15) is 4.79 Å². The first-order valence-corrected chi connectivity index (χ1v) is 8.73. The van der Waals surface area contributed by atoms with Gasteiger partial charge in [0.05, 0.1) is 6.04 Å². The number of carbonyl (C=O) groups excluding carboxylic acids is 1. The fraction of sp³-hybridized carbons (Fsp3) is 0.130. The van der Waals surface area contributed by atoms with Crippen LogP contribution in [0.25, 0.3) is 16.8 Å². The Balaban J connectivity index is 1.60. The normalized spacial score (nSPS) is 11.9. The van der Waals surface area contributed by atoms with Crippen molar-refractivity contribution in [3.63, 3.8) is 0 Å². The van der Waals surface area contributed by atoms with Gasteiger partial charge < -0.3 is 10.1 Å². The summed E-state index contributed by atoms with van der Waals surface area (Å²) in [5, 5.41) is 13.8. The Morgan fingerprint density at radius 2 is 1.85 bits per heavy atom. The van der Waals surface area contributed by atoms with E-state index in [2.05, 4.69) is 29.6 Å². The van der Waals surface area contributed by atoms with Crippen LogP contribution in [0.4, 0.5) is 0 Å². The molecule has 0 aliphatic heterocycles. The van der Waals surface area contributed by atoms with Crippen LogP contribution in [0, 0.1) is 11.3 Å². The highest BCUT2D eigenvalue weighted by molar-refractivity contribution is 5.92. The lowest BCUT2D eigenvalue weighted by molar-refractivity contribution is -0.117. The first kappa shape index (κ1) is 18.2. The van der Waals surface area contributed by atoms with E-state index in [1.54, 1.807) is 18.2 Å². The predicted molar refractivity (Wildman–Crippen MR) is 107 cm³/mol. The van der Waals surface area contributed by atoms with Gasteiger partial charge in [-0.25, -0.2) is 0 Å². The molecule has 134 valence electrons. The summed E-state index contributed by atoms with van der Waals surface area (Å²) in [6.07, 6.45) is 3.26. The number of nitrogens with one attached hydrogen (secondary N) is 1. The lowest BCUT2D eigenvalue weighted by Crippen LogP contribution is -2.24. The summed E-state index contributed by atoms with van der Waals surface area (Å²) in [6.45, 7) is 1.99. The van der Waals surface area contributed by atoms with Gasteiger partial charge in [-0.15, -0.1) is 0 Å². The van der Waals surface area contributed by atoms with Gasteiger partial charge in [0.15, 0.2) is 6.61 Å². The molecule has 0 bridgehead atoms. The minimum Gasteiger partial charge on any atom is -0.479 e. The Morgan fingerprint density at radius 3 is 2.59 bits per heavy atom. The summed E-state index contributed by atoms with van der Waals surface area (Å²) >= 11 is 0. The maximum atomic E-state index is 12.2. The number of hydrogen-bond acceptors (Lipinski definition) is 3. The molecule has 3 aromatic rings. The highest BCUT2D eigenvalue weighted by Gasteiger charge is 2.08. The zero-order valence-electron chi connectivity index (χ0n) is 15.1. The Bertz CT molecular complexity index is 1000. The van der Waals surface area contributed by atoms with Gasteiger partial charge in [-0.2, -0.15) is 5.26 Å². The average Bonchev–Trinajstić information content (AvgIpc) is 2.71. The molecule has 0 radical (unpaired) electrons. The number of nitriles is 1. The van der Waals surface area contributed by atoms with Crippen LogP contribution < -0.4 is 10.1 Å². The van der Waals surface area contributed by atoms with Gasteiger partial charge in [0.2, 0.25) is 5.91 Å². The second kappa shape index (κ2) is 8.68. The summed E-state index contributed by atoms with van der Waals surface area (Å²) in [7, 11) is 0. The highest BCUT2D eigenvalue weighted by Crippen LogP contribution is 2.20. The van der Waals surface area contributed by atoms with Crippen LogP contribution in [0.2, 0.25) is 0 Å². The van der Waals surface area contributed by atoms with Gasteiger partial charge in [-0.3, -0.25) is 4.79 Å². The van der Waals surface area contributed by atoms with E-state index in [0.717, 1.165) is 16.5 Å². The van der Waals surface area contributed by atoms with Crippen molar-refractivity contribution in [2.45, 2.75) is 13.0 Å². The van der Waals surface area contributed by atoms with Crippen molar-refractivity contribution in [2.24, 2.45) is 0 Å². The molecule has 0 aliphatic carbocycles. The number of hydrogen-bond donors (Lipinski definition) is 1. The molecular weight excluding hydrogens is 336 g/mol. The Hall–Kier alpha value is -3.58. The maximum absolute atomic E-state index is 12.2. The van der Waals surface area contributed by atoms with Crippen LogP contribution in [0.3, 0.4) is 0 Å². The monoisotopic (exact) mass is 356 g/mol. The molecule has 0 saturated heterocycles. The Labute approximate surface area is 158 Å². The van der Waals surface area contributed by atoms with Gasteiger partial charge in [0.1, 0.15) is 11.8 Å². The molecule has 27 heavy (non-hydrogen) atoms. The van der Waals surface area contributed by atoms with Crippen molar-refractivity contribution in [2.75, 3.05) is 6.61 Å². The van der Waals surface area contributed by atoms with E-state index in [-0.39, 0.29) is 18.6 Å². The Morgan fingerprint density at radius 1 is 1.11 bits per heavy atom. The number of fused-ring (bicyclic) bond motifs is 1. The molecule has 1 amide bonds. The number of nitrogens with zero attached hydrogens (tertiary/aromatic N) is 1. The summed E-state index contributed by atoms with van der Waals surface area (Å²) in [4.78, 5) is 12.2. The topological polar surface area (TPSA) is 62.1 Å². The molecule has 3 aromatic carbocycles. The Kier molecular flexibility index (Phi) is 5.86. The second-order valence-electron chi connectivity index (χ2n) is 6.19. The van der Waals surface area contributed by atoms with Crippen LogP contribution in [0.1, 0.15) is 24.1 Å². The second-order valence-corrected chi connectivity index (χ2v) is 6.19. The standard InChI is InChI=1S/C23H20N2O2/c1-17(20-10-9-19-4-2-3-5-21(19)16-20)25-23(26)13-8-18-6-11-22(12-7-18)27-15-14-24/h2-13,16-17H,15H2,1H3,(H,25,26)/b13-8+. The largest absolute Gasteiger partial charge is 0.479 e. The molecule has 1 atom stereocenters. The van der Waals surface area contributed by atoms with Crippen molar-refractivity contribution in [3.8, 4) is 11.8 Å². The number of benzene rings is 3. The molecule has 3 rings (SSSR count). The van der Waals surface area contributed by atoms with Crippen LogP contribution in [-0.4, -0.2) is 12.5 Å². The third kappa shape index (κ3) is 4.96. The zero-order chi connectivity index (χ0) is 19.1. The lowest BCUT2D eigenvalue weighted by Gasteiger charge is -2.14. The summed E-state index contributed by atoms with van der Waals surface area (Å²) in [5.74, 6) is 0.476. The number of rotatable bonds is 6. The average molecular weight is 356 g/mol. The van der Waals surface area contributed by atoms with Gasteiger partial charge in [0.25, 0.3) is 0 Å². The number of amides is 1. The molecule has 4 heteroatoms. The lowest BCUT2D eigenvalue weighted by atomic mass is 10.0. The number of ether oxygens (including phenoxy) is 1. The summed E-state index contributed by atoms with van der Waals surface area (Å²) < 4.78 is 5.20. The van der Waals surface area contributed by atoms with E-state index >= 15 is 0 Å². The molecule has 0 saturated carbocycles.